The van der Waals surface area contributed by atoms with Crippen molar-refractivity contribution in [3.63, 3.8) is 0 Å². The summed E-state index contributed by atoms with van der Waals surface area (Å²) in [5.41, 5.74) is 0. The van der Waals surface area contributed by atoms with Crippen LogP contribution in [0.15, 0.2) is 0 Å². The molecule has 2 unspecified atom stereocenters. The van der Waals surface area contributed by atoms with E-state index >= 15 is 0 Å². The van der Waals surface area contributed by atoms with Gasteiger partial charge in [-0.15, -0.1) is 0 Å². The van der Waals surface area contributed by atoms with Crippen LogP contribution >= 0.6 is 11.6 Å². The Labute approximate surface area is 119 Å². The zero-order chi connectivity index (χ0) is 13.7. The molecule has 1 aromatic heterocycles. The highest BCUT2D eigenvalue weighted by molar-refractivity contribution is 6.28. The monoisotopic (exact) mass is 284 g/mol. The molecule has 0 aliphatic heterocycles. The van der Waals surface area contributed by atoms with Crippen LogP contribution in [0.1, 0.15) is 39.5 Å². The van der Waals surface area contributed by atoms with Crippen molar-refractivity contribution in [3.05, 3.63) is 5.28 Å². The summed E-state index contributed by atoms with van der Waals surface area (Å²) >= 11 is 5.85. The van der Waals surface area contributed by atoms with Crippen LogP contribution in [0.4, 0.5) is 5.95 Å². The maximum Gasteiger partial charge on any atom is 0.322 e. The molecule has 0 radical (unpaired) electrons. The van der Waals surface area contributed by atoms with Gasteiger partial charge in [-0.2, -0.15) is 15.0 Å². The van der Waals surface area contributed by atoms with Crippen molar-refractivity contribution in [1.82, 2.24) is 15.0 Å². The van der Waals surface area contributed by atoms with E-state index in [2.05, 4.69) is 27.2 Å². The summed E-state index contributed by atoms with van der Waals surface area (Å²) in [6.45, 7) is 5.60. The lowest BCUT2D eigenvalue weighted by Crippen LogP contribution is -2.22. The molecule has 0 saturated heterocycles. The largest absolute Gasteiger partial charge is 0.464 e. The van der Waals surface area contributed by atoms with E-state index in [9.17, 15) is 0 Å². The van der Waals surface area contributed by atoms with E-state index in [1.54, 1.807) is 0 Å². The molecule has 2 rings (SSSR count). The molecule has 19 heavy (non-hydrogen) atoms. The molecular formula is C13H21ClN4O. The maximum absolute atomic E-state index is 5.85. The number of nitrogens with one attached hydrogen (secondary N) is 1. The summed E-state index contributed by atoms with van der Waals surface area (Å²) < 4.78 is 5.25. The van der Waals surface area contributed by atoms with E-state index in [-0.39, 0.29) is 11.3 Å². The van der Waals surface area contributed by atoms with E-state index < -0.39 is 0 Å². The second-order valence-electron chi connectivity index (χ2n) is 5.16. The minimum atomic E-state index is 0.165. The first-order chi connectivity index (χ1) is 9.17. The summed E-state index contributed by atoms with van der Waals surface area (Å²) in [4.78, 5) is 12.2. The molecule has 2 atom stereocenters. The summed E-state index contributed by atoms with van der Waals surface area (Å²) in [5.74, 6) is 2.01. The van der Waals surface area contributed by atoms with Crippen LogP contribution in [0, 0.1) is 11.8 Å². The second kappa shape index (κ2) is 6.89. The maximum atomic E-state index is 5.85. The van der Waals surface area contributed by atoms with Crippen LogP contribution in [0.25, 0.3) is 0 Å². The van der Waals surface area contributed by atoms with E-state index in [4.69, 9.17) is 16.3 Å². The molecule has 0 amide bonds. The third-order valence-electron chi connectivity index (χ3n) is 3.45. The fourth-order valence-electron chi connectivity index (χ4n) is 2.59. The molecule has 1 aliphatic rings. The Morgan fingerprint density at radius 3 is 2.89 bits per heavy atom. The minimum absolute atomic E-state index is 0.165. The first kappa shape index (κ1) is 14.3. The number of anilines is 1. The number of nitrogens with zero attached hydrogens (tertiary/aromatic N) is 3. The van der Waals surface area contributed by atoms with Gasteiger partial charge in [0.2, 0.25) is 11.2 Å². The van der Waals surface area contributed by atoms with E-state index in [1.807, 2.05) is 6.92 Å². The Morgan fingerprint density at radius 2 is 2.16 bits per heavy atom. The molecule has 0 bridgehead atoms. The number of aromatic nitrogens is 3. The molecule has 6 heteroatoms. The quantitative estimate of drug-likeness (QED) is 0.900. The fraction of sp³-hybridized carbons (Fsp3) is 0.769. The average molecular weight is 285 g/mol. The lowest BCUT2D eigenvalue weighted by atomic mass is 9.82. The highest BCUT2D eigenvalue weighted by Gasteiger charge is 2.19. The van der Waals surface area contributed by atoms with Gasteiger partial charge in [-0.3, -0.25) is 0 Å². The van der Waals surface area contributed by atoms with Crippen molar-refractivity contribution in [3.8, 4) is 6.01 Å². The van der Waals surface area contributed by atoms with Crippen LogP contribution in [0.5, 0.6) is 6.01 Å². The summed E-state index contributed by atoms with van der Waals surface area (Å²) in [6.07, 6.45) is 5.21. The van der Waals surface area contributed by atoms with Crippen molar-refractivity contribution in [2.75, 3.05) is 18.5 Å². The van der Waals surface area contributed by atoms with Gasteiger partial charge in [-0.05, 0) is 43.2 Å². The molecule has 0 aromatic carbocycles. The highest BCUT2D eigenvalue weighted by Crippen LogP contribution is 2.28. The zero-order valence-electron chi connectivity index (χ0n) is 11.5. The van der Waals surface area contributed by atoms with Gasteiger partial charge < -0.3 is 10.1 Å². The Kier molecular flexibility index (Phi) is 5.19. The summed E-state index contributed by atoms with van der Waals surface area (Å²) in [5, 5.41) is 3.41. The molecule has 1 fully saturated rings. The molecule has 1 saturated carbocycles. The highest BCUT2D eigenvalue weighted by atomic mass is 35.5. The van der Waals surface area contributed by atoms with Crippen LogP contribution in [-0.4, -0.2) is 28.1 Å². The second-order valence-corrected chi connectivity index (χ2v) is 5.50. The van der Waals surface area contributed by atoms with Gasteiger partial charge in [0.05, 0.1) is 6.61 Å². The average Bonchev–Trinajstić information content (AvgIpc) is 2.36. The summed E-state index contributed by atoms with van der Waals surface area (Å²) in [7, 11) is 0. The van der Waals surface area contributed by atoms with Crippen LogP contribution < -0.4 is 10.1 Å². The molecular weight excluding hydrogens is 264 g/mol. The van der Waals surface area contributed by atoms with Gasteiger partial charge in [0.15, 0.2) is 0 Å². The SMILES string of the molecule is CCOc1nc(Cl)nc(NCC2CCCC(C)C2)n1. The smallest absolute Gasteiger partial charge is 0.322 e. The molecule has 106 valence electrons. The fourth-order valence-corrected chi connectivity index (χ4v) is 2.74. The van der Waals surface area contributed by atoms with Gasteiger partial charge in [0.25, 0.3) is 0 Å². The Morgan fingerprint density at radius 1 is 1.32 bits per heavy atom. The van der Waals surface area contributed by atoms with E-state index in [0.717, 1.165) is 12.5 Å². The van der Waals surface area contributed by atoms with Crippen molar-refractivity contribution in [2.24, 2.45) is 11.8 Å². The van der Waals surface area contributed by atoms with Gasteiger partial charge in [0.1, 0.15) is 0 Å². The predicted octanol–water partition coefficient (Wildman–Crippen LogP) is 3.16. The van der Waals surface area contributed by atoms with Crippen molar-refractivity contribution in [1.29, 1.82) is 0 Å². The van der Waals surface area contributed by atoms with Crippen molar-refractivity contribution >= 4 is 17.5 Å². The Hall–Kier alpha value is -1.10. The summed E-state index contributed by atoms with van der Waals surface area (Å²) in [6, 6.07) is 0.280. The molecule has 1 aliphatic carbocycles. The number of hydrogen-bond donors (Lipinski definition) is 1. The lowest BCUT2D eigenvalue weighted by Gasteiger charge is -2.26. The topological polar surface area (TPSA) is 59.9 Å². The standard InChI is InChI=1S/C13H21ClN4O/c1-3-19-13-17-11(14)16-12(18-13)15-8-10-6-4-5-9(2)7-10/h9-10H,3-8H2,1-2H3,(H,15,16,17,18). The first-order valence-corrected chi connectivity index (χ1v) is 7.33. The number of ether oxygens (including phenoxy) is 1. The molecule has 1 heterocycles. The van der Waals surface area contributed by atoms with E-state index in [1.165, 1.54) is 25.7 Å². The Bertz CT molecular complexity index is 416. The van der Waals surface area contributed by atoms with Gasteiger partial charge in [0, 0.05) is 6.54 Å². The number of halogens is 1. The predicted molar refractivity (Wildman–Crippen MR) is 75.6 cm³/mol. The first-order valence-electron chi connectivity index (χ1n) is 6.95. The number of rotatable bonds is 5. The minimum Gasteiger partial charge on any atom is -0.464 e. The molecule has 1 aromatic rings. The van der Waals surface area contributed by atoms with Crippen LogP contribution in [0.3, 0.4) is 0 Å². The molecule has 1 N–H and O–H groups in total. The third-order valence-corrected chi connectivity index (χ3v) is 3.62. The Balaban J connectivity index is 1.91. The lowest BCUT2D eigenvalue weighted by molar-refractivity contribution is 0.292. The van der Waals surface area contributed by atoms with Gasteiger partial charge >= 0.3 is 6.01 Å². The van der Waals surface area contributed by atoms with Gasteiger partial charge in [-0.1, -0.05) is 19.8 Å². The molecule has 0 spiro atoms. The van der Waals surface area contributed by atoms with Crippen molar-refractivity contribution in [2.45, 2.75) is 39.5 Å². The van der Waals surface area contributed by atoms with Gasteiger partial charge in [-0.25, -0.2) is 0 Å². The van der Waals surface area contributed by atoms with Crippen molar-refractivity contribution < 1.29 is 4.74 Å². The number of hydrogen-bond acceptors (Lipinski definition) is 5. The molecule has 5 nitrogen and oxygen atoms in total. The van der Waals surface area contributed by atoms with Crippen LogP contribution in [0.2, 0.25) is 5.28 Å². The van der Waals surface area contributed by atoms with E-state index in [0.29, 0.717) is 18.5 Å². The zero-order valence-corrected chi connectivity index (χ0v) is 12.3. The van der Waals surface area contributed by atoms with Crippen LogP contribution in [-0.2, 0) is 0 Å². The third kappa shape index (κ3) is 4.49. The normalized spacial score (nSPS) is 23.1.